The van der Waals surface area contributed by atoms with Gasteiger partial charge in [0.25, 0.3) is 0 Å². The number of nitrogens with zero attached hydrogens (tertiary/aromatic N) is 4. The van der Waals surface area contributed by atoms with Crippen molar-refractivity contribution in [3.05, 3.63) is 42.5 Å². The number of ketones is 1. The molecule has 3 rings (SSSR count). The van der Waals surface area contributed by atoms with E-state index in [0.29, 0.717) is 35.0 Å². The number of hydrogen-bond donors (Lipinski definition) is 2. The summed E-state index contributed by atoms with van der Waals surface area (Å²) in [5.74, 6) is 0.831. The van der Waals surface area contributed by atoms with Crippen LogP contribution in [0.15, 0.2) is 36.9 Å². The first-order chi connectivity index (χ1) is 13.0. The number of urea groups is 1. The highest BCUT2D eigenvalue weighted by Gasteiger charge is 2.14. The van der Waals surface area contributed by atoms with E-state index in [1.165, 1.54) is 13.3 Å². The van der Waals surface area contributed by atoms with Gasteiger partial charge in [0.15, 0.2) is 22.8 Å². The van der Waals surface area contributed by atoms with Crippen LogP contribution in [0.3, 0.4) is 0 Å². The van der Waals surface area contributed by atoms with Gasteiger partial charge in [-0.05, 0) is 31.4 Å². The van der Waals surface area contributed by atoms with Crippen molar-refractivity contribution < 1.29 is 9.59 Å². The van der Waals surface area contributed by atoms with Gasteiger partial charge in [0.05, 0.1) is 0 Å². The molecule has 2 heterocycles. The Morgan fingerprint density at radius 1 is 1.19 bits per heavy atom. The first-order valence-corrected chi connectivity index (χ1v) is 8.80. The fourth-order valence-corrected chi connectivity index (χ4v) is 2.62. The lowest BCUT2D eigenvalue weighted by atomic mass is 10.1. The summed E-state index contributed by atoms with van der Waals surface area (Å²) < 4.78 is 1.76. The van der Waals surface area contributed by atoms with Crippen molar-refractivity contribution in [2.24, 2.45) is 5.92 Å². The van der Waals surface area contributed by atoms with E-state index in [9.17, 15) is 9.59 Å². The molecule has 0 fully saturated rings. The molecule has 8 nitrogen and oxygen atoms in total. The average molecular weight is 366 g/mol. The maximum Gasteiger partial charge on any atom is 0.320 e. The molecule has 1 aromatic carbocycles. The van der Waals surface area contributed by atoms with Crippen LogP contribution in [0, 0.1) is 5.92 Å². The normalized spacial score (nSPS) is 11.0. The van der Waals surface area contributed by atoms with E-state index < -0.39 is 0 Å². The molecule has 0 radical (unpaired) electrons. The fraction of sp³-hybridized carbons (Fsp3) is 0.316. The average Bonchev–Trinajstić information content (AvgIpc) is 3.06. The Hall–Kier alpha value is -3.29. The molecule has 0 aliphatic carbocycles. The van der Waals surface area contributed by atoms with Gasteiger partial charge in [0.2, 0.25) is 0 Å². The summed E-state index contributed by atoms with van der Waals surface area (Å²) in [6, 6.07) is 6.87. The van der Waals surface area contributed by atoms with E-state index in [2.05, 4.69) is 39.4 Å². The Kier molecular flexibility index (Phi) is 5.44. The summed E-state index contributed by atoms with van der Waals surface area (Å²) in [4.78, 5) is 36.5. The van der Waals surface area contributed by atoms with Crippen LogP contribution in [-0.4, -0.2) is 37.9 Å². The van der Waals surface area contributed by atoms with E-state index in [1.807, 2.05) is 6.07 Å². The topological polar surface area (TPSA) is 102 Å². The van der Waals surface area contributed by atoms with Gasteiger partial charge in [-0.15, -0.1) is 0 Å². The minimum atomic E-state index is -0.330. The molecule has 0 bridgehead atoms. The molecule has 0 aliphatic heterocycles. The number of hydrogen-bond acceptors (Lipinski definition) is 5. The first-order valence-electron chi connectivity index (χ1n) is 8.80. The number of benzene rings is 1. The van der Waals surface area contributed by atoms with Gasteiger partial charge < -0.3 is 5.32 Å². The molecule has 27 heavy (non-hydrogen) atoms. The van der Waals surface area contributed by atoms with Crippen molar-refractivity contribution >= 4 is 28.8 Å². The molecule has 8 heteroatoms. The Labute approximate surface area is 157 Å². The largest absolute Gasteiger partial charge is 0.338 e. The van der Waals surface area contributed by atoms with Gasteiger partial charge in [0, 0.05) is 17.8 Å². The first kappa shape index (κ1) is 18.5. The summed E-state index contributed by atoms with van der Waals surface area (Å²) in [5, 5.41) is 5.53. The number of amides is 2. The molecule has 3 aromatic rings. The second kappa shape index (κ2) is 7.94. The van der Waals surface area contributed by atoms with E-state index in [0.717, 1.165) is 12.1 Å². The zero-order valence-electron chi connectivity index (χ0n) is 15.6. The molecule has 0 saturated carbocycles. The number of rotatable bonds is 6. The molecule has 2 amide bonds. The third-order valence-corrected chi connectivity index (χ3v) is 4.10. The van der Waals surface area contributed by atoms with Crippen LogP contribution in [0.25, 0.3) is 16.9 Å². The van der Waals surface area contributed by atoms with E-state index in [-0.39, 0.29) is 11.8 Å². The van der Waals surface area contributed by atoms with Gasteiger partial charge in [-0.25, -0.2) is 19.7 Å². The van der Waals surface area contributed by atoms with Crippen molar-refractivity contribution in [1.29, 1.82) is 0 Å². The minimum absolute atomic E-state index is 0.0173. The van der Waals surface area contributed by atoms with Gasteiger partial charge in [0.1, 0.15) is 12.7 Å². The predicted molar refractivity (Wildman–Crippen MR) is 103 cm³/mol. The number of imidazole rings is 1. The molecule has 140 valence electrons. The summed E-state index contributed by atoms with van der Waals surface area (Å²) >= 11 is 0. The fourth-order valence-electron chi connectivity index (χ4n) is 2.62. The number of anilines is 1. The quantitative estimate of drug-likeness (QED) is 0.652. The van der Waals surface area contributed by atoms with Crippen LogP contribution in [0.1, 0.15) is 37.6 Å². The highest BCUT2D eigenvalue weighted by atomic mass is 16.2. The minimum Gasteiger partial charge on any atom is -0.338 e. The summed E-state index contributed by atoms with van der Waals surface area (Å²) in [6.45, 7) is 6.31. The lowest BCUT2D eigenvalue weighted by Gasteiger charge is -2.09. The summed E-state index contributed by atoms with van der Waals surface area (Å²) in [5.41, 5.74) is 2.38. The van der Waals surface area contributed by atoms with Crippen LogP contribution >= 0.6 is 0 Å². The van der Waals surface area contributed by atoms with Crippen LogP contribution in [0.5, 0.6) is 0 Å². The Bertz CT molecular complexity index is 979. The lowest BCUT2D eigenvalue weighted by Crippen LogP contribution is -2.30. The number of fused-ring (bicyclic) bond motifs is 1. The third kappa shape index (κ3) is 4.28. The van der Waals surface area contributed by atoms with E-state index >= 15 is 0 Å². The molecule has 2 aromatic heterocycles. The Morgan fingerprint density at radius 3 is 2.74 bits per heavy atom. The lowest BCUT2D eigenvalue weighted by molar-refractivity contribution is 0.101. The molecule has 0 unspecified atom stereocenters. The maximum absolute atomic E-state index is 12.1. The van der Waals surface area contributed by atoms with Gasteiger partial charge in [-0.3, -0.25) is 14.7 Å². The van der Waals surface area contributed by atoms with Gasteiger partial charge in [-0.1, -0.05) is 26.0 Å². The number of aromatic nitrogens is 4. The molecular formula is C19H22N6O2. The number of carbonyl (C=O) groups excluding carboxylic acids is 2. The molecule has 0 atom stereocenters. The van der Waals surface area contributed by atoms with Crippen molar-refractivity contribution in [3.8, 4) is 5.69 Å². The molecule has 2 N–H and O–H groups in total. The SMILES string of the molecule is CC(=O)c1cccc(-n2cnc3c(NC(=O)NCCC(C)C)ncnc32)c1. The molecule has 0 aliphatic rings. The second-order valence-electron chi connectivity index (χ2n) is 6.68. The molecular weight excluding hydrogens is 344 g/mol. The number of nitrogens with one attached hydrogen (secondary N) is 2. The van der Waals surface area contributed by atoms with Crippen LogP contribution < -0.4 is 10.6 Å². The smallest absolute Gasteiger partial charge is 0.320 e. The maximum atomic E-state index is 12.1. The Balaban J connectivity index is 1.86. The van der Waals surface area contributed by atoms with Gasteiger partial charge in [-0.2, -0.15) is 0 Å². The highest BCUT2D eigenvalue weighted by molar-refractivity contribution is 5.96. The van der Waals surface area contributed by atoms with Crippen molar-refractivity contribution in [1.82, 2.24) is 24.8 Å². The zero-order chi connectivity index (χ0) is 19.4. The Morgan fingerprint density at radius 2 is 2.00 bits per heavy atom. The standard InChI is InChI=1S/C19H22N6O2/c1-12(2)7-8-20-19(27)24-17-16-18(22-10-21-17)25(11-23-16)15-6-4-5-14(9-15)13(3)26/h4-6,9-12H,7-8H2,1-3H3,(H2,20,21,22,24,27). The van der Waals surface area contributed by atoms with Crippen LogP contribution in [0.4, 0.5) is 10.6 Å². The van der Waals surface area contributed by atoms with Crippen LogP contribution in [-0.2, 0) is 0 Å². The second-order valence-corrected chi connectivity index (χ2v) is 6.68. The third-order valence-electron chi connectivity index (χ3n) is 4.10. The van der Waals surface area contributed by atoms with Crippen LogP contribution in [0.2, 0.25) is 0 Å². The predicted octanol–water partition coefficient (Wildman–Crippen LogP) is 3.19. The summed E-state index contributed by atoms with van der Waals surface area (Å²) in [6.07, 6.45) is 3.87. The van der Waals surface area contributed by atoms with E-state index in [4.69, 9.17) is 0 Å². The summed E-state index contributed by atoms with van der Waals surface area (Å²) in [7, 11) is 0. The highest BCUT2D eigenvalue weighted by Crippen LogP contribution is 2.21. The molecule has 0 saturated heterocycles. The van der Waals surface area contributed by atoms with Crippen molar-refractivity contribution in [2.45, 2.75) is 27.2 Å². The van der Waals surface area contributed by atoms with Crippen molar-refractivity contribution in [3.63, 3.8) is 0 Å². The van der Waals surface area contributed by atoms with Crippen molar-refractivity contribution in [2.75, 3.05) is 11.9 Å². The number of Topliss-reactive ketones (excluding diaryl/α,β-unsaturated/α-hetero) is 1. The molecule has 0 spiro atoms. The monoisotopic (exact) mass is 366 g/mol. The number of carbonyl (C=O) groups is 2. The zero-order valence-corrected chi connectivity index (χ0v) is 15.6. The van der Waals surface area contributed by atoms with Gasteiger partial charge >= 0.3 is 6.03 Å². The van der Waals surface area contributed by atoms with E-state index in [1.54, 1.807) is 29.1 Å².